The van der Waals surface area contributed by atoms with E-state index >= 15 is 0 Å². The number of ether oxygens (including phenoxy) is 3. The number of amides is 6. The van der Waals surface area contributed by atoms with Crippen LogP contribution < -0.4 is 36.6 Å². The summed E-state index contributed by atoms with van der Waals surface area (Å²) in [5, 5.41) is 53.5. The zero-order chi connectivity index (χ0) is 99.4. The van der Waals surface area contributed by atoms with Crippen LogP contribution >= 0.6 is 61.5 Å². The fourth-order valence-corrected chi connectivity index (χ4v) is 19.0. The Bertz CT molecular complexity index is 6570. The lowest BCUT2D eigenvalue weighted by molar-refractivity contribution is -0.143. The van der Waals surface area contributed by atoms with Gasteiger partial charge in [-0.1, -0.05) is 78.3 Å². The number of nitrogens with zero attached hydrogens (tertiary/aromatic N) is 11. The van der Waals surface area contributed by atoms with Crippen LogP contribution in [-0.4, -0.2) is 196 Å². The molecule has 1 saturated heterocycles. The number of Topliss-reactive ketones (excluding diaryl/α,β-unsaturated/α-hetero) is 2. The second kappa shape index (κ2) is 44.5. The van der Waals surface area contributed by atoms with E-state index in [2.05, 4.69) is 73.1 Å². The molecule has 0 radical (unpaired) electrons. The first-order valence-corrected chi connectivity index (χ1v) is 47.5. The van der Waals surface area contributed by atoms with Gasteiger partial charge in [0.05, 0.1) is 79.7 Å². The molecule has 1 fully saturated rings. The Balaban J connectivity index is 0.000000159. The molecule has 4 aliphatic rings. The van der Waals surface area contributed by atoms with E-state index in [1.807, 2.05) is 53.6 Å². The van der Waals surface area contributed by atoms with Crippen LogP contribution in [0.1, 0.15) is 178 Å². The number of thiophene rings is 3. The molecule has 16 rings (SSSR count). The van der Waals surface area contributed by atoms with E-state index in [0.29, 0.717) is 105 Å². The van der Waals surface area contributed by atoms with E-state index in [0.717, 1.165) is 86.4 Å². The monoisotopic (exact) mass is 2040 g/mol. The first kappa shape index (κ1) is 102. The van der Waals surface area contributed by atoms with Gasteiger partial charge in [-0.2, -0.15) is 41.6 Å². The van der Waals surface area contributed by atoms with Gasteiger partial charge in [-0.25, -0.2) is 33.3 Å². The summed E-state index contributed by atoms with van der Waals surface area (Å²) in [5.41, 5.74) is 2.49. The van der Waals surface area contributed by atoms with Gasteiger partial charge in [-0.15, -0.1) is 34.0 Å². The molecule has 2 unspecified atom stereocenters. The summed E-state index contributed by atoms with van der Waals surface area (Å²) in [7, 11) is 7.02. The summed E-state index contributed by atoms with van der Waals surface area (Å²) >= 11 is 14.0. The van der Waals surface area contributed by atoms with Gasteiger partial charge in [0, 0.05) is 116 Å². The van der Waals surface area contributed by atoms with Crippen LogP contribution in [0.4, 0.5) is 37.0 Å². The van der Waals surface area contributed by atoms with Crippen molar-refractivity contribution in [3.8, 4) is 32.6 Å². The number of benzene rings is 4. The van der Waals surface area contributed by atoms with Crippen LogP contribution in [0.25, 0.3) is 38.1 Å². The molecule has 0 spiro atoms. The van der Waals surface area contributed by atoms with Crippen LogP contribution in [0.5, 0.6) is 5.75 Å². The number of piperidine rings is 1. The molecule has 4 aromatic carbocycles. The van der Waals surface area contributed by atoms with Gasteiger partial charge in [-0.3, -0.25) is 33.6 Å². The number of aliphatic hydroxyl groups excluding tert-OH is 2. The molecule has 12 aromatic rings. The molecule has 726 valence electrons. The van der Waals surface area contributed by atoms with Crippen LogP contribution in [0.2, 0.25) is 4.34 Å². The van der Waals surface area contributed by atoms with Gasteiger partial charge in [0.1, 0.15) is 28.4 Å². The second-order valence-corrected chi connectivity index (χ2v) is 38.3. The number of aromatic nitrogens is 8. The number of nitrogens with one attached hydrogen (secondary N) is 6. The van der Waals surface area contributed by atoms with Crippen molar-refractivity contribution in [3.05, 3.63) is 266 Å². The topological polar surface area (TPSA) is 382 Å². The smallest absolute Gasteiger partial charge is 0.433 e. The first-order chi connectivity index (χ1) is 65.7. The highest BCUT2D eigenvalue weighted by Gasteiger charge is 2.49. The number of hydrogen-bond acceptors (Lipinski definition) is 25. The number of allylic oxidation sites excluding steroid dienone is 3. The van der Waals surface area contributed by atoms with E-state index < -0.39 is 59.0 Å². The fourth-order valence-electron chi connectivity index (χ4n) is 15.6. The summed E-state index contributed by atoms with van der Waals surface area (Å²) in [6.45, 7) is 15.9. The molecule has 3 atom stereocenters. The average molecular weight is 2040 g/mol. The summed E-state index contributed by atoms with van der Waals surface area (Å²) in [6.07, 6.45) is -3.41. The Kier molecular flexibility index (Phi) is 33.0. The summed E-state index contributed by atoms with van der Waals surface area (Å²) < 4.78 is 102. The van der Waals surface area contributed by atoms with Gasteiger partial charge < -0.3 is 71.0 Å². The first-order valence-electron chi connectivity index (χ1n) is 43.7. The molecule has 8 aromatic heterocycles. The van der Waals surface area contributed by atoms with E-state index in [4.69, 9.17) is 25.8 Å². The minimum atomic E-state index is -4.75. The third kappa shape index (κ3) is 24.7. The fraction of sp³-hybridized carbons (Fsp3) is 0.333. The number of alkyl halides is 6. The quantitative estimate of drug-likeness (QED) is 0.0142. The number of halogens is 8. The van der Waals surface area contributed by atoms with Crippen LogP contribution in [-0.2, 0) is 52.8 Å². The number of aryl methyl sites for hydroxylation is 1. The Morgan fingerprint density at radius 1 is 0.696 bits per heavy atom. The van der Waals surface area contributed by atoms with E-state index in [-0.39, 0.29) is 123 Å². The lowest BCUT2D eigenvalue weighted by atomic mass is 9.70. The minimum absolute atomic E-state index is 0.0185. The number of esters is 1. The van der Waals surface area contributed by atoms with Crippen molar-refractivity contribution in [1.82, 2.24) is 80.3 Å². The zero-order valence-electron chi connectivity index (χ0n) is 76.5. The number of likely N-dealkylation sites (tertiary alicyclic amines) is 1. The molecule has 6 amide bonds. The summed E-state index contributed by atoms with van der Waals surface area (Å²) in [5.74, 6) is -4.97. The molecular formula is C96H99BrClF6N17O14S3. The molecule has 2 aliphatic heterocycles. The minimum Gasteiger partial charge on any atom is -0.511 e. The van der Waals surface area contributed by atoms with Crippen molar-refractivity contribution in [1.29, 1.82) is 0 Å². The molecular weight excluding hydrogens is 1940 g/mol. The normalized spacial score (nSPS) is 15.0. The molecule has 0 bridgehead atoms. The molecule has 138 heavy (non-hydrogen) atoms. The number of anilines is 1. The highest BCUT2D eigenvalue weighted by molar-refractivity contribution is 9.10. The standard InChI is InChI=1S/C33H45BrClN5O5S.C24H17F3N6O3S.C20H15F3N4O2S.C19H22N2O4/c1-19(37-16-26-28(34)20(2)46-29(26)35)15-38-31(43)25-14-23-18-40(17-22(23)13-24(25)30(42)36-6)27(41)8-7-21-9-11-39(12-10-21)32(44)45-33(3,4)5;1-2-36-23(35)15-13-28-32(14-7-4-3-5-8-14)21(15)30-22(34)17-12-20-29-16(18-9-6-10-37-18)11-19(24(25,26)27)33(20)31-17;1-29-13-6-4-12(5-7-13)11-24-19(28)15-10-18-25-14(16-3-2-8-30-16)9-17(20(21,22)23)27(18)26-15;1-21(2)9-5-8-20-13-10-14(22)15-16(19(13)25)18(24)12-7-4-3-6-11(12)17(15)23/h13-14,19,21,37H,7-12,15-18H2,1-6H3,(H,36,42)(H,38,43);3-13H,2H2,1H3,(H,30,34);2-10H,11H2,1H3,(H,24,28);3-4,6-7,10,15-16,20,22,25H,5,8-9H2,1-2H3/t19-;;;/m1.../s1. The Labute approximate surface area is 814 Å². The highest BCUT2D eigenvalue weighted by atomic mass is 79.9. The van der Waals surface area contributed by atoms with E-state index in [9.17, 15) is 79.7 Å². The predicted octanol–water partition coefficient (Wildman–Crippen LogP) is 17.6. The summed E-state index contributed by atoms with van der Waals surface area (Å²) in [4.78, 5) is 132. The van der Waals surface area contributed by atoms with Gasteiger partial charge in [0.25, 0.3) is 23.6 Å². The summed E-state index contributed by atoms with van der Waals surface area (Å²) in [6, 6.07) is 36.7. The highest BCUT2D eigenvalue weighted by Crippen LogP contribution is 2.43. The van der Waals surface area contributed by atoms with Crippen LogP contribution in [0, 0.1) is 24.7 Å². The van der Waals surface area contributed by atoms with E-state index in [1.165, 1.54) is 64.1 Å². The number of hydrogen-bond donors (Lipinski definition) is 8. The third-order valence-electron chi connectivity index (χ3n) is 22.6. The lowest BCUT2D eigenvalue weighted by Gasteiger charge is -2.33. The van der Waals surface area contributed by atoms with Crippen molar-refractivity contribution in [2.24, 2.45) is 17.8 Å². The number of ketones is 2. The number of carbonyl (C=O) groups is 9. The van der Waals surface area contributed by atoms with E-state index in [1.54, 1.807) is 150 Å². The zero-order valence-corrected chi connectivity index (χ0v) is 81.3. The van der Waals surface area contributed by atoms with Crippen LogP contribution in [0.15, 0.2) is 184 Å². The van der Waals surface area contributed by atoms with Gasteiger partial charge in [0.15, 0.2) is 51.5 Å². The van der Waals surface area contributed by atoms with Crippen molar-refractivity contribution in [2.45, 2.75) is 124 Å². The van der Waals surface area contributed by atoms with Crippen molar-refractivity contribution in [3.63, 3.8) is 0 Å². The molecule has 0 saturated carbocycles. The number of rotatable bonds is 26. The number of aliphatic hydroxyl groups is 2. The molecule has 31 nitrogen and oxygen atoms in total. The number of methoxy groups -OCH3 is 1. The predicted molar refractivity (Wildman–Crippen MR) is 512 cm³/mol. The maximum Gasteiger partial charge on any atom is 0.433 e. The maximum atomic E-state index is 13.9. The molecule has 8 N–H and O–H groups in total. The second-order valence-electron chi connectivity index (χ2n) is 33.8. The number of carbonyl (C=O) groups excluding carboxylic acids is 9. The molecule has 10 heterocycles. The molecule has 42 heteroatoms. The Morgan fingerprint density at radius 3 is 1.80 bits per heavy atom. The SMILES string of the molecule is CCOC(=O)c1cnn(-c2ccccc2)c1NC(=O)c1cc2nc(-c3cccs3)cc(C(F)(F)F)n2n1.CN(C)CCCNC1=C(O)C2C(=O)c3ccccc3C(=O)C2C(O)=C1.CNC(=O)c1cc2c(cc1C(=O)NC[C@@H](C)NCc1c(Cl)sc(C)c1Br)CN(C(=O)CCC1CCN(C(=O)OC(C)(C)C)CC1)C2.COc1ccc(CNC(=O)c2cc3nc(-c4cccs4)cc(C(F)(F)F)n3n2)cc1. The van der Waals surface area contributed by atoms with Gasteiger partial charge in [-0.05, 0) is 198 Å². The molecule has 2 aliphatic carbocycles. The Morgan fingerprint density at radius 2 is 1.27 bits per heavy atom. The number of fused-ring (bicyclic) bond motifs is 5. The lowest BCUT2D eigenvalue weighted by Crippen LogP contribution is -2.42. The average Bonchev–Trinajstić information content (AvgIpc) is 1.45. The van der Waals surface area contributed by atoms with Gasteiger partial charge in [0.2, 0.25) is 5.91 Å². The van der Waals surface area contributed by atoms with Gasteiger partial charge >= 0.3 is 24.4 Å². The van der Waals surface area contributed by atoms with Crippen molar-refractivity contribution < 1.29 is 93.9 Å². The maximum absolute atomic E-state index is 13.9. The number of para-hydroxylation sites is 1. The van der Waals surface area contributed by atoms with Crippen LogP contribution in [0.3, 0.4) is 0 Å². The Hall–Kier alpha value is -13.2. The van der Waals surface area contributed by atoms with Crippen molar-refractivity contribution in [2.75, 3.05) is 72.9 Å². The van der Waals surface area contributed by atoms with Crippen molar-refractivity contribution >= 4 is 132 Å². The third-order valence-corrected chi connectivity index (χ3v) is 27.1. The largest absolute Gasteiger partial charge is 0.511 e.